The number of benzene rings is 2. The number of carbonyl (C=O) groups is 2. The molecule has 0 spiro atoms. The fraction of sp³-hybridized carbons (Fsp3) is 0.125. The topological polar surface area (TPSA) is 84.2 Å². The number of nitrogens with two attached hydrogens (primary N) is 1. The Bertz CT molecular complexity index is 689. The highest BCUT2D eigenvalue weighted by atomic mass is 35.5. The number of para-hydroxylation sites is 1. The molecule has 2 rings (SSSR count). The SMILES string of the molecule is C[C@@H](Nc1ccc(Cl)c(C(N)=O)c1)C(=O)Nc1ccccc1. The van der Waals surface area contributed by atoms with Gasteiger partial charge in [0, 0.05) is 11.4 Å². The van der Waals surface area contributed by atoms with E-state index < -0.39 is 11.9 Å². The Kier molecular flexibility index (Phi) is 5.01. The summed E-state index contributed by atoms with van der Waals surface area (Å²) in [5.41, 5.74) is 6.77. The largest absolute Gasteiger partial charge is 0.374 e. The third-order valence-electron chi connectivity index (χ3n) is 3.05. The van der Waals surface area contributed by atoms with Crippen LogP contribution in [0.2, 0.25) is 5.02 Å². The van der Waals surface area contributed by atoms with Crippen LogP contribution in [0.25, 0.3) is 0 Å². The highest BCUT2D eigenvalue weighted by Crippen LogP contribution is 2.20. The maximum Gasteiger partial charge on any atom is 0.250 e. The van der Waals surface area contributed by atoms with Crippen LogP contribution in [0.1, 0.15) is 17.3 Å². The van der Waals surface area contributed by atoms with Crippen molar-refractivity contribution in [2.24, 2.45) is 5.73 Å². The van der Waals surface area contributed by atoms with E-state index in [0.29, 0.717) is 5.69 Å². The van der Waals surface area contributed by atoms with E-state index in [-0.39, 0.29) is 16.5 Å². The van der Waals surface area contributed by atoms with Gasteiger partial charge in [-0.15, -0.1) is 0 Å². The van der Waals surface area contributed by atoms with Gasteiger partial charge < -0.3 is 16.4 Å². The first-order valence-electron chi connectivity index (χ1n) is 6.69. The van der Waals surface area contributed by atoms with E-state index in [4.69, 9.17) is 17.3 Å². The van der Waals surface area contributed by atoms with Gasteiger partial charge in [0.05, 0.1) is 10.6 Å². The number of nitrogens with one attached hydrogen (secondary N) is 2. The molecule has 2 aromatic carbocycles. The van der Waals surface area contributed by atoms with Crippen molar-refractivity contribution in [3.05, 3.63) is 59.1 Å². The maximum absolute atomic E-state index is 12.1. The van der Waals surface area contributed by atoms with Gasteiger partial charge in [-0.1, -0.05) is 29.8 Å². The van der Waals surface area contributed by atoms with Crippen LogP contribution >= 0.6 is 11.6 Å². The van der Waals surface area contributed by atoms with Crippen LogP contribution in [0.4, 0.5) is 11.4 Å². The quantitative estimate of drug-likeness (QED) is 0.792. The predicted octanol–water partition coefficient (Wildman–Crippen LogP) is 2.88. The Morgan fingerprint density at radius 3 is 2.41 bits per heavy atom. The molecule has 22 heavy (non-hydrogen) atoms. The van der Waals surface area contributed by atoms with Crippen molar-refractivity contribution in [1.82, 2.24) is 0 Å². The van der Waals surface area contributed by atoms with Crippen molar-refractivity contribution in [3.63, 3.8) is 0 Å². The second-order valence-corrected chi connectivity index (χ2v) is 5.19. The number of halogens is 1. The molecule has 4 N–H and O–H groups in total. The molecule has 0 saturated heterocycles. The van der Waals surface area contributed by atoms with Crippen LogP contribution in [-0.4, -0.2) is 17.9 Å². The molecule has 0 aliphatic rings. The predicted molar refractivity (Wildman–Crippen MR) is 88.1 cm³/mol. The number of anilines is 2. The van der Waals surface area contributed by atoms with Crippen molar-refractivity contribution >= 4 is 34.8 Å². The van der Waals surface area contributed by atoms with Crippen LogP contribution in [0.15, 0.2) is 48.5 Å². The van der Waals surface area contributed by atoms with Gasteiger partial charge in [-0.3, -0.25) is 9.59 Å². The standard InChI is InChI=1S/C16H16ClN3O2/c1-10(16(22)20-11-5-3-2-4-6-11)19-12-7-8-14(17)13(9-12)15(18)21/h2-10,19H,1H3,(H2,18,21)(H,20,22)/t10-/m1/s1. The summed E-state index contributed by atoms with van der Waals surface area (Å²) < 4.78 is 0. The van der Waals surface area contributed by atoms with Crippen LogP contribution in [-0.2, 0) is 4.79 Å². The summed E-state index contributed by atoms with van der Waals surface area (Å²) >= 11 is 5.89. The fourth-order valence-corrected chi connectivity index (χ4v) is 2.10. The van der Waals surface area contributed by atoms with Crippen LogP contribution in [0, 0.1) is 0 Å². The first-order chi connectivity index (χ1) is 10.5. The zero-order chi connectivity index (χ0) is 16.1. The summed E-state index contributed by atoms with van der Waals surface area (Å²) in [5, 5.41) is 6.07. The molecule has 0 unspecified atom stereocenters. The number of hydrogen-bond donors (Lipinski definition) is 3. The first kappa shape index (κ1) is 15.9. The third-order valence-corrected chi connectivity index (χ3v) is 3.38. The average Bonchev–Trinajstić information content (AvgIpc) is 2.49. The summed E-state index contributed by atoms with van der Waals surface area (Å²) in [6, 6.07) is 13.4. The lowest BCUT2D eigenvalue weighted by Gasteiger charge is -2.16. The van der Waals surface area contributed by atoms with E-state index >= 15 is 0 Å². The van der Waals surface area contributed by atoms with Gasteiger partial charge in [-0.2, -0.15) is 0 Å². The van der Waals surface area contributed by atoms with Gasteiger partial charge in [0.25, 0.3) is 0 Å². The molecule has 0 heterocycles. The molecule has 0 fully saturated rings. The summed E-state index contributed by atoms with van der Waals surface area (Å²) in [5.74, 6) is -0.809. The third kappa shape index (κ3) is 3.99. The van der Waals surface area contributed by atoms with E-state index in [1.807, 2.05) is 18.2 Å². The lowest BCUT2D eigenvalue weighted by Crippen LogP contribution is -2.31. The molecule has 0 bridgehead atoms. The van der Waals surface area contributed by atoms with Crippen LogP contribution in [0.5, 0.6) is 0 Å². The lowest BCUT2D eigenvalue weighted by molar-refractivity contribution is -0.116. The Labute approximate surface area is 133 Å². The number of hydrogen-bond acceptors (Lipinski definition) is 3. The number of carbonyl (C=O) groups excluding carboxylic acids is 2. The molecule has 2 aromatic rings. The lowest BCUT2D eigenvalue weighted by atomic mass is 10.1. The van der Waals surface area contributed by atoms with E-state index in [2.05, 4.69) is 10.6 Å². The van der Waals surface area contributed by atoms with Gasteiger partial charge in [-0.25, -0.2) is 0 Å². The molecule has 6 heteroatoms. The minimum atomic E-state index is -0.616. The van der Waals surface area contributed by atoms with Crippen molar-refractivity contribution in [1.29, 1.82) is 0 Å². The molecule has 2 amide bonds. The molecule has 114 valence electrons. The normalized spacial score (nSPS) is 11.5. The number of primary amides is 1. The number of amides is 2. The van der Waals surface area contributed by atoms with E-state index in [1.54, 1.807) is 31.2 Å². The second-order valence-electron chi connectivity index (χ2n) is 4.78. The Morgan fingerprint density at radius 1 is 1.09 bits per heavy atom. The van der Waals surface area contributed by atoms with E-state index in [1.165, 1.54) is 6.07 Å². The fourth-order valence-electron chi connectivity index (χ4n) is 1.89. The Morgan fingerprint density at radius 2 is 1.77 bits per heavy atom. The highest BCUT2D eigenvalue weighted by molar-refractivity contribution is 6.33. The summed E-state index contributed by atoms with van der Waals surface area (Å²) in [6.07, 6.45) is 0. The number of rotatable bonds is 5. The molecule has 1 atom stereocenters. The van der Waals surface area contributed by atoms with E-state index in [0.717, 1.165) is 5.69 Å². The molecule has 0 aliphatic carbocycles. The Balaban J connectivity index is 2.05. The average molecular weight is 318 g/mol. The molecule has 0 aliphatic heterocycles. The van der Waals surface area contributed by atoms with Crippen molar-refractivity contribution in [3.8, 4) is 0 Å². The molecule has 0 aromatic heterocycles. The van der Waals surface area contributed by atoms with Gasteiger partial charge >= 0.3 is 0 Å². The molecular formula is C16H16ClN3O2. The van der Waals surface area contributed by atoms with Crippen LogP contribution in [0.3, 0.4) is 0 Å². The van der Waals surface area contributed by atoms with Gasteiger partial charge in [0.2, 0.25) is 11.8 Å². The Hall–Kier alpha value is -2.53. The second kappa shape index (κ2) is 6.95. The smallest absolute Gasteiger partial charge is 0.250 e. The van der Waals surface area contributed by atoms with Crippen molar-refractivity contribution in [2.75, 3.05) is 10.6 Å². The minimum absolute atomic E-state index is 0.193. The van der Waals surface area contributed by atoms with Gasteiger partial charge in [0.1, 0.15) is 6.04 Å². The molecule has 0 saturated carbocycles. The monoisotopic (exact) mass is 317 g/mol. The van der Waals surface area contributed by atoms with Gasteiger partial charge in [-0.05, 0) is 37.3 Å². The molecular weight excluding hydrogens is 302 g/mol. The zero-order valence-electron chi connectivity index (χ0n) is 12.0. The first-order valence-corrected chi connectivity index (χ1v) is 7.07. The zero-order valence-corrected chi connectivity index (χ0v) is 12.7. The van der Waals surface area contributed by atoms with Crippen LogP contribution < -0.4 is 16.4 Å². The van der Waals surface area contributed by atoms with E-state index in [9.17, 15) is 9.59 Å². The maximum atomic E-state index is 12.1. The van der Waals surface area contributed by atoms with Gasteiger partial charge in [0.15, 0.2) is 0 Å². The summed E-state index contributed by atoms with van der Waals surface area (Å²) in [4.78, 5) is 23.4. The van der Waals surface area contributed by atoms with Crippen molar-refractivity contribution in [2.45, 2.75) is 13.0 Å². The highest BCUT2D eigenvalue weighted by Gasteiger charge is 2.14. The summed E-state index contributed by atoms with van der Waals surface area (Å²) in [7, 11) is 0. The minimum Gasteiger partial charge on any atom is -0.374 e. The molecule has 5 nitrogen and oxygen atoms in total. The molecule has 0 radical (unpaired) electrons. The van der Waals surface area contributed by atoms with Crippen molar-refractivity contribution < 1.29 is 9.59 Å². The summed E-state index contributed by atoms with van der Waals surface area (Å²) in [6.45, 7) is 1.72.